The molecular weight excluding hydrogens is 530 g/mol. The minimum atomic E-state index is -4.69. The molecule has 208 valence electrons. The number of pyridine rings is 1. The number of anilines is 1. The zero-order valence-corrected chi connectivity index (χ0v) is 21.2. The number of hydrogen-bond donors (Lipinski definition) is 2. The number of carbonyl (C=O) groups excluding carboxylic acids is 1. The molecule has 0 saturated carbocycles. The topological polar surface area (TPSA) is 81.9 Å². The lowest BCUT2D eigenvalue weighted by atomic mass is 9.97. The van der Waals surface area contributed by atoms with Gasteiger partial charge in [0.25, 0.3) is 0 Å². The van der Waals surface area contributed by atoms with Crippen LogP contribution in [0.25, 0.3) is 5.57 Å². The van der Waals surface area contributed by atoms with E-state index in [2.05, 4.69) is 20.8 Å². The molecule has 0 radical (unpaired) electrons. The summed E-state index contributed by atoms with van der Waals surface area (Å²) in [6.45, 7) is 6.47. The highest BCUT2D eigenvalue weighted by atomic mass is 19.4. The first kappa shape index (κ1) is 27.9. The summed E-state index contributed by atoms with van der Waals surface area (Å²) in [6, 6.07) is 6.35. The normalized spacial score (nSPS) is 18.4. The number of carbonyl (C=O) groups is 1. The predicted molar refractivity (Wildman–Crippen MR) is 130 cm³/mol. The Morgan fingerprint density at radius 2 is 1.74 bits per heavy atom. The zero-order valence-electron chi connectivity index (χ0n) is 21.2. The molecule has 0 amide bonds. The molecule has 0 aliphatic carbocycles. The van der Waals surface area contributed by atoms with Crippen LogP contribution in [0, 0.1) is 5.41 Å². The minimum absolute atomic E-state index is 0.0496. The SMILES string of the molecule is CC(OC(=O)C(C)(C)C)[N+]1=CC(c2ncccc2C(F)(F)F)=CC2=NNC(Nc3ccc(C(F)(F)F)cc3)N21. The molecular formula is C25H25F6N6O2+. The van der Waals surface area contributed by atoms with Gasteiger partial charge in [0, 0.05) is 24.9 Å². The lowest BCUT2D eigenvalue weighted by Crippen LogP contribution is -2.55. The first-order chi connectivity index (χ1) is 18.1. The molecule has 0 bridgehead atoms. The van der Waals surface area contributed by atoms with Crippen molar-refractivity contribution in [3.05, 3.63) is 65.5 Å². The second-order valence-corrected chi connectivity index (χ2v) is 9.83. The number of benzene rings is 1. The van der Waals surface area contributed by atoms with Crippen molar-refractivity contribution >= 4 is 29.3 Å². The Morgan fingerprint density at radius 1 is 1.08 bits per heavy atom. The molecule has 3 heterocycles. The van der Waals surface area contributed by atoms with Crippen molar-refractivity contribution in [2.45, 2.75) is 52.6 Å². The van der Waals surface area contributed by atoms with E-state index in [1.807, 2.05) is 0 Å². The van der Waals surface area contributed by atoms with Crippen LogP contribution in [0.1, 0.15) is 44.5 Å². The first-order valence-electron chi connectivity index (χ1n) is 11.7. The van der Waals surface area contributed by atoms with E-state index in [1.54, 1.807) is 20.8 Å². The number of hydrazine groups is 1. The highest BCUT2D eigenvalue weighted by Gasteiger charge is 2.44. The van der Waals surface area contributed by atoms with Crippen molar-refractivity contribution in [2.24, 2.45) is 10.5 Å². The molecule has 2 atom stereocenters. The second kappa shape index (κ2) is 9.89. The number of alkyl halides is 6. The van der Waals surface area contributed by atoms with Gasteiger partial charge in [-0.1, -0.05) is 9.69 Å². The molecule has 0 spiro atoms. The predicted octanol–water partition coefficient (Wildman–Crippen LogP) is 5.06. The van der Waals surface area contributed by atoms with E-state index in [0.717, 1.165) is 18.2 Å². The Bertz CT molecular complexity index is 1340. The number of hydrazone groups is 2. The van der Waals surface area contributed by atoms with Crippen LogP contribution in [0.3, 0.4) is 0 Å². The lowest BCUT2D eigenvalue weighted by molar-refractivity contribution is -0.722. The molecule has 2 aliphatic rings. The number of rotatable bonds is 5. The van der Waals surface area contributed by atoms with E-state index >= 15 is 0 Å². The Morgan fingerprint density at radius 3 is 2.33 bits per heavy atom. The molecule has 2 unspecified atom stereocenters. The molecule has 4 rings (SSSR count). The lowest BCUT2D eigenvalue weighted by Gasteiger charge is -2.29. The number of ether oxygens (including phenoxy) is 1. The molecule has 39 heavy (non-hydrogen) atoms. The van der Waals surface area contributed by atoms with Crippen LogP contribution in [0.5, 0.6) is 0 Å². The number of hydrogen-bond acceptors (Lipinski definition) is 7. The van der Waals surface area contributed by atoms with Gasteiger partial charge in [0.2, 0.25) is 18.3 Å². The standard InChI is InChI=1S/C25H24F6N6O2/c1-14(39-21(38)23(2,3)4)36-13-15(20-18(25(29,30)31)6-5-11-32-20)12-19-34-35-22(37(19)36)33-17-9-7-16(8-10-17)24(26,27)28/h5-14,22,33H,1-4H3/p+1. The van der Waals surface area contributed by atoms with Crippen molar-refractivity contribution in [1.82, 2.24) is 15.4 Å². The number of esters is 1. The van der Waals surface area contributed by atoms with Gasteiger partial charge in [-0.2, -0.15) is 31.4 Å². The van der Waals surface area contributed by atoms with E-state index in [9.17, 15) is 31.1 Å². The third-order valence-corrected chi connectivity index (χ3v) is 5.75. The summed E-state index contributed by atoms with van der Waals surface area (Å²) in [4.78, 5) is 16.6. The maximum atomic E-state index is 13.7. The number of nitrogens with zero attached hydrogens (tertiary/aromatic N) is 4. The van der Waals surface area contributed by atoms with Gasteiger partial charge in [-0.3, -0.25) is 15.2 Å². The van der Waals surface area contributed by atoms with Crippen LogP contribution in [0.2, 0.25) is 0 Å². The van der Waals surface area contributed by atoms with E-state index in [-0.39, 0.29) is 17.1 Å². The zero-order chi connectivity index (χ0) is 28.8. The Kier molecular flexibility index (Phi) is 7.08. The van der Waals surface area contributed by atoms with E-state index < -0.39 is 47.4 Å². The fourth-order valence-electron chi connectivity index (χ4n) is 3.76. The molecule has 1 aromatic heterocycles. The van der Waals surface area contributed by atoms with Gasteiger partial charge in [0.15, 0.2) is 0 Å². The van der Waals surface area contributed by atoms with Crippen molar-refractivity contribution in [3.63, 3.8) is 0 Å². The quantitative estimate of drug-likeness (QED) is 0.305. The number of fused-ring (bicyclic) bond motifs is 1. The molecule has 2 N–H and O–H groups in total. The van der Waals surface area contributed by atoms with Gasteiger partial charge in [0.05, 0.1) is 27.8 Å². The van der Waals surface area contributed by atoms with E-state index in [0.29, 0.717) is 5.69 Å². The maximum Gasteiger partial charge on any atom is 0.418 e. The summed E-state index contributed by atoms with van der Waals surface area (Å²) in [5.41, 5.74) is 0.0969. The number of aromatic nitrogens is 1. The summed E-state index contributed by atoms with van der Waals surface area (Å²) in [7, 11) is 0. The monoisotopic (exact) mass is 555 g/mol. The van der Waals surface area contributed by atoms with E-state index in [1.165, 1.54) is 53.3 Å². The van der Waals surface area contributed by atoms with Gasteiger partial charge in [-0.15, -0.1) is 0 Å². The van der Waals surface area contributed by atoms with E-state index in [4.69, 9.17) is 4.74 Å². The summed E-state index contributed by atoms with van der Waals surface area (Å²) >= 11 is 0. The number of nitrogens with one attached hydrogen (secondary N) is 2. The summed E-state index contributed by atoms with van der Waals surface area (Å²) in [6.07, 6.45) is -7.18. The number of amidine groups is 1. The van der Waals surface area contributed by atoms with Gasteiger partial charge >= 0.3 is 24.5 Å². The van der Waals surface area contributed by atoms with Crippen molar-refractivity contribution in [1.29, 1.82) is 0 Å². The van der Waals surface area contributed by atoms with Gasteiger partial charge in [-0.25, -0.2) is 0 Å². The average Bonchev–Trinajstić information content (AvgIpc) is 3.24. The fraction of sp³-hybridized carbons (Fsp3) is 0.360. The molecule has 0 fully saturated rings. The highest BCUT2D eigenvalue weighted by molar-refractivity contribution is 6.17. The third kappa shape index (κ3) is 5.99. The van der Waals surface area contributed by atoms with Crippen LogP contribution in [0.15, 0.2) is 53.8 Å². The summed E-state index contributed by atoms with van der Waals surface area (Å²) < 4.78 is 87.1. The smallest absolute Gasteiger partial charge is 0.400 e. The van der Waals surface area contributed by atoms with Crippen LogP contribution >= 0.6 is 0 Å². The van der Waals surface area contributed by atoms with Gasteiger partial charge in [-0.05, 0) is 57.2 Å². The van der Waals surface area contributed by atoms with Crippen LogP contribution in [-0.4, -0.2) is 45.2 Å². The van der Waals surface area contributed by atoms with Gasteiger partial charge < -0.3 is 10.1 Å². The van der Waals surface area contributed by atoms with Crippen LogP contribution < -0.4 is 10.7 Å². The van der Waals surface area contributed by atoms with Crippen molar-refractivity contribution in [2.75, 3.05) is 5.32 Å². The molecule has 8 nitrogen and oxygen atoms in total. The van der Waals surface area contributed by atoms with Crippen LogP contribution in [0.4, 0.5) is 32.0 Å². The second-order valence-electron chi connectivity index (χ2n) is 9.83. The largest absolute Gasteiger partial charge is 0.418 e. The maximum absolute atomic E-state index is 13.7. The Balaban J connectivity index is 1.71. The highest BCUT2D eigenvalue weighted by Crippen LogP contribution is 2.35. The van der Waals surface area contributed by atoms with Crippen molar-refractivity contribution < 1.29 is 40.6 Å². The molecule has 2 aromatic rings. The molecule has 2 aliphatic heterocycles. The Labute approximate surface area is 219 Å². The van der Waals surface area contributed by atoms with Crippen molar-refractivity contribution in [3.8, 4) is 0 Å². The molecule has 1 aromatic carbocycles. The fourth-order valence-corrected chi connectivity index (χ4v) is 3.76. The number of halogens is 6. The van der Waals surface area contributed by atoms with Crippen LogP contribution in [-0.2, 0) is 21.9 Å². The minimum Gasteiger partial charge on any atom is -0.400 e. The summed E-state index contributed by atoms with van der Waals surface area (Å²) in [5.74, 6) is -0.416. The molecule has 14 heteroatoms. The summed E-state index contributed by atoms with van der Waals surface area (Å²) in [5, 5.41) is 8.64. The Hall–Kier alpha value is -4.10. The van der Waals surface area contributed by atoms with Gasteiger partial charge in [0.1, 0.15) is 0 Å². The molecule has 0 saturated heterocycles. The number of allylic oxidation sites excluding steroid dienone is 1. The third-order valence-electron chi connectivity index (χ3n) is 5.75. The average molecular weight is 556 g/mol. The first-order valence-corrected chi connectivity index (χ1v) is 11.7.